The largest absolute Gasteiger partial charge is 0.207 e. The molecule has 0 atom stereocenters. The van der Waals surface area contributed by atoms with Crippen LogP contribution < -0.4 is 0 Å². The second-order valence-corrected chi connectivity index (χ2v) is 13.5. The van der Waals surface area contributed by atoms with Crippen molar-refractivity contribution in [3.8, 4) is 22.3 Å². The Balaban J connectivity index is 1.45. The highest BCUT2D eigenvalue weighted by molar-refractivity contribution is 6.42. The molecule has 0 amide bonds. The van der Waals surface area contributed by atoms with Crippen molar-refractivity contribution in [3.63, 3.8) is 0 Å². The molecule has 0 nitrogen and oxygen atoms in total. The molecule has 0 N–H and O–H groups in total. The first-order valence-electron chi connectivity index (χ1n) is 16.7. The summed E-state index contributed by atoms with van der Waals surface area (Å²) in [5, 5.41) is 19.1. The summed E-state index contributed by atoms with van der Waals surface area (Å²) in [6.07, 6.45) is 0. The van der Waals surface area contributed by atoms with Gasteiger partial charge in [0.25, 0.3) is 0 Å². The van der Waals surface area contributed by atoms with E-state index >= 15 is 0 Å². The summed E-state index contributed by atoms with van der Waals surface area (Å²) >= 11 is 0. The number of fused-ring (bicyclic) bond motifs is 9. The molecule has 0 saturated carbocycles. The fourth-order valence-corrected chi connectivity index (χ4v) is 8.89. The minimum absolute atomic E-state index is 0.261. The van der Waals surface area contributed by atoms with Crippen LogP contribution in [-0.4, -0.2) is 0 Å². The SMILES string of the molecule is Cc1ccc2c(c1)cc1c3cc4c(-c5ccc(F)cc5)c5c6cccc7cccc(c5c(-c5ccc(F)cc5)c4cc3c3cccc2c31)c76. The normalized spacial score (nSPS) is 12.4. The van der Waals surface area contributed by atoms with E-state index in [1.807, 2.05) is 24.3 Å². The van der Waals surface area contributed by atoms with E-state index in [9.17, 15) is 8.78 Å². The van der Waals surface area contributed by atoms with E-state index in [1.54, 1.807) is 24.3 Å². The van der Waals surface area contributed by atoms with Crippen LogP contribution in [0.2, 0.25) is 0 Å². The maximum absolute atomic E-state index is 14.5. The Hall–Kier alpha value is -6.12. The molecule has 228 valence electrons. The van der Waals surface area contributed by atoms with Crippen molar-refractivity contribution in [1.29, 1.82) is 0 Å². The van der Waals surface area contributed by atoms with Crippen LogP contribution in [0.4, 0.5) is 8.78 Å². The molecule has 0 aromatic heterocycles. The highest BCUT2D eigenvalue weighted by Crippen LogP contribution is 2.53. The quantitative estimate of drug-likeness (QED) is 0.167. The number of halogens is 2. The third-order valence-corrected chi connectivity index (χ3v) is 10.9. The molecule has 0 bridgehead atoms. The molecule has 0 unspecified atom stereocenters. The van der Waals surface area contributed by atoms with Crippen molar-refractivity contribution >= 4 is 86.2 Å². The van der Waals surface area contributed by atoms with Gasteiger partial charge in [-0.25, -0.2) is 8.78 Å². The lowest BCUT2D eigenvalue weighted by molar-refractivity contribution is 0.627. The molecule has 0 fully saturated rings. The Morgan fingerprint density at radius 2 is 0.837 bits per heavy atom. The van der Waals surface area contributed by atoms with Crippen LogP contribution >= 0.6 is 0 Å². The molecule has 11 aromatic rings. The van der Waals surface area contributed by atoms with Gasteiger partial charge in [-0.1, -0.05) is 103 Å². The van der Waals surface area contributed by atoms with E-state index < -0.39 is 0 Å². The first-order valence-corrected chi connectivity index (χ1v) is 16.7. The summed E-state index contributed by atoms with van der Waals surface area (Å²) in [6, 6.07) is 47.3. The van der Waals surface area contributed by atoms with Gasteiger partial charge in [-0.3, -0.25) is 0 Å². The van der Waals surface area contributed by atoms with Crippen molar-refractivity contribution in [2.45, 2.75) is 6.92 Å². The fraction of sp³-hybridized carbons (Fsp3) is 0.0213. The predicted octanol–water partition coefficient (Wildman–Crippen LogP) is 13.7. The van der Waals surface area contributed by atoms with Crippen LogP contribution in [0.15, 0.2) is 140 Å². The second-order valence-electron chi connectivity index (χ2n) is 13.5. The highest BCUT2D eigenvalue weighted by atomic mass is 19.1. The first-order chi connectivity index (χ1) is 24.0. The summed E-state index contributed by atoms with van der Waals surface area (Å²) in [4.78, 5) is 0. The van der Waals surface area contributed by atoms with Crippen LogP contribution in [0.5, 0.6) is 0 Å². The van der Waals surface area contributed by atoms with Crippen LogP contribution in [-0.2, 0) is 0 Å². The predicted molar refractivity (Wildman–Crippen MR) is 204 cm³/mol. The highest BCUT2D eigenvalue weighted by Gasteiger charge is 2.25. The van der Waals surface area contributed by atoms with E-state index in [1.165, 1.54) is 70.2 Å². The number of rotatable bonds is 2. The number of aryl methyl sites for hydroxylation is 1. The minimum atomic E-state index is -0.261. The maximum atomic E-state index is 14.5. The molecule has 0 aliphatic heterocycles. The fourth-order valence-electron chi connectivity index (χ4n) is 8.89. The van der Waals surface area contributed by atoms with Crippen LogP contribution in [0.3, 0.4) is 0 Å². The van der Waals surface area contributed by atoms with Crippen molar-refractivity contribution in [2.24, 2.45) is 0 Å². The van der Waals surface area contributed by atoms with Gasteiger partial charge in [0.05, 0.1) is 0 Å². The van der Waals surface area contributed by atoms with Crippen LogP contribution in [0.1, 0.15) is 5.56 Å². The molecule has 0 radical (unpaired) electrons. The lowest BCUT2D eigenvalue weighted by atomic mass is 9.85. The zero-order chi connectivity index (χ0) is 32.5. The zero-order valence-electron chi connectivity index (χ0n) is 26.5. The molecule has 0 saturated heterocycles. The Morgan fingerprint density at radius 3 is 1.43 bits per heavy atom. The Morgan fingerprint density at radius 1 is 0.327 bits per heavy atom. The zero-order valence-corrected chi connectivity index (χ0v) is 26.5. The summed E-state index contributed by atoms with van der Waals surface area (Å²) < 4.78 is 29.0. The van der Waals surface area contributed by atoms with E-state index in [4.69, 9.17) is 0 Å². The van der Waals surface area contributed by atoms with E-state index in [0.717, 1.165) is 43.8 Å². The van der Waals surface area contributed by atoms with Crippen molar-refractivity contribution in [2.75, 3.05) is 0 Å². The molecule has 2 heteroatoms. The molecular formula is C47H26F2. The van der Waals surface area contributed by atoms with Gasteiger partial charge >= 0.3 is 0 Å². The number of hydrogen-bond acceptors (Lipinski definition) is 0. The molecule has 0 spiro atoms. The van der Waals surface area contributed by atoms with E-state index in [0.29, 0.717) is 0 Å². The topological polar surface area (TPSA) is 0 Å². The monoisotopic (exact) mass is 628 g/mol. The molecule has 0 aliphatic rings. The second kappa shape index (κ2) is 9.49. The lowest BCUT2D eigenvalue weighted by Gasteiger charge is -2.17. The molecule has 49 heavy (non-hydrogen) atoms. The lowest BCUT2D eigenvalue weighted by Crippen LogP contribution is -1.90. The Bertz CT molecular complexity index is 3150. The smallest absolute Gasteiger partial charge is 0.123 e. The van der Waals surface area contributed by atoms with Crippen molar-refractivity contribution < 1.29 is 8.78 Å². The van der Waals surface area contributed by atoms with Gasteiger partial charge in [0.15, 0.2) is 0 Å². The van der Waals surface area contributed by atoms with Gasteiger partial charge in [0.1, 0.15) is 11.6 Å². The molecule has 0 aliphatic carbocycles. The third-order valence-electron chi connectivity index (χ3n) is 10.9. The maximum Gasteiger partial charge on any atom is 0.123 e. The van der Waals surface area contributed by atoms with Crippen molar-refractivity contribution in [1.82, 2.24) is 0 Å². The molecule has 0 heterocycles. The van der Waals surface area contributed by atoms with Gasteiger partial charge in [0, 0.05) is 0 Å². The Kier molecular flexibility index (Phi) is 5.21. The summed E-state index contributed by atoms with van der Waals surface area (Å²) in [5.74, 6) is -0.522. The average molecular weight is 629 g/mol. The minimum Gasteiger partial charge on any atom is -0.207 e. The van der Waals surface area contributed by atoms with Gasteiger partial charge in [-0.15, -0.1) is 0 Å². The third kappa shape index (κ3) is 3.55. The summed E-state index contributed by atoms with van der Waals surface area (Å²) in [6.45, 7) is 2.14. The van der Waals surface area contributed by atoms with Gasteiger partial charge in [-0.05, 0) is 158 Å². The van der Waals surface area contributed by atoms with Gasteiger partial charge in [0.2, 0.25) is 0 Å². The molecule has 11 rings (SSSR count). The van der Waals surface area contributed by atoms with E-state index in [2.05, 4.69) is 97.9 Å². The number of benzene rings is 9. The summed E-state index contributed by atoms with van der Waals surface area (Å²) in [5.41, 5.74) is 5.34. The Labute approximate surface area is 280 Å². The van der Waals surface area contributed by atoms with Crippen LogP contribution in [0, 0.1) is 18.6 Å². The average Bonchev–Trinajstić information content (AvgIpc) is 3.61. The standard InChI is InChI=1S/C47H26F2/c1-25-11-20-32-29(21-25)22-39-38-24-41-40(23-37(38)34-8-4-7-33(32)45(34)39)43(27-12-16-30(48)17-13-27)46-35-9-2-5-26-6-3-10-36(42(26)35)47(46)44(41)28-14-18-31(49)19-15-28/h2-24H,1H3. The number of hydrogen-bond donors (Lipinski definition) is 0. The van der Waals surface area contributed by atoms with Gasteiger partial charge < -0.3 is 0 Å². The van der Waals surface area contributed by atoms with Gasteiger partial charge in [-0.2, -0.15) is 0 Å². The van der Waals surface area contributed by atoms with Crippen molar-refractivity contribution in [3.05, 3.63) is 157 Å². The molecular weight excluding hydrogens is 603 g/mol. The first kappa shape index (κ1) is 26.9. The summed E-state index contributed by atoms with van der Waals surface area (Å²) in [7, 11) is 0. The van der Waals surface area contributed by atoms with E-state index in [-0.39, 0.29) is 11.6 Å². The van der Waals surface area contributed by atoms with Crippen LogP contribution in [0.25, 0.3) is 108 Å². The molecule has 11 aromatic carbocycles.